The number of hydrogen-bond acceptors (Lipinski definition) is 5. The lowest BCUT2D eigenvalue weighted by atomic mass is 10.2. The second kappa shape index (κ2) is 6.19. The Labute approximate surface area is 115 Å². The first-order valence-electron chi connectivity index (χ1n) is 6.57. The molecule has 1 saturated heterocycles. The monoisotopic (exact) mass is 291 g/mol. The van der Waals surface area contributed by atoms with Crippen molar-refractivity contribution in [3.05, 3.63) is 0 Å². The molecule has 1 atom stereocenters. The summed E-state index contributed by atoms with van der Waals surface area (Å²) in [6.45, 7) is 8.68. The van der Waals surface area contributed by atoms with Gasteiger partial charge in [-0.15, -0.1) is 0 Å². The third-order valence-electron chi connectivity index (χ3n) is 3.77. The van der Waals surface area contributed by atoms with Gasteiger partial charge in [0, 0.05) is 39.0 Å². The van der Waals surface area contributed by atoms with Gasteiger partial charge in [0.1, 0.15) is 0 Å². The minimum absolute atomic E-state index is 0.112. The summed E-state index contributed by atoms with van der Waals surface area (Å²) in [5, 5.41) is 5.98. The fourth-order valence-electron chi connectivity index (χ4n) is 1.81. The Morgan fingerprint density at radius 3 is 2.37 bits per heavy atom. The summed E-state index contributed by atoms with van der Waals surface area (Å²) >= 11 is 0. The van der Waals surface area contributed by atoms with E-state index in [4.69, 9.17) is 0 Å². The molecule has 0 bridgehead atoms. The molecule has 0 aromatic rings. The van der Waals surface area contributed by atoms with Crippen LogP contribution in [-0.4, -0.2) is 69.0 Å². The highest BCUT2D eigenvalue weighted by Crippen LogP contribution is 2.13. The largest absolute Gasteiger partial charge is 0.353 e. The van der Waals surface area contributed by atoms with Crippen molar-refractivity contribution in [2.24, 2.45) is 0 Å². The first-order valence-corrected chi connectivity index (χ1v) is 8.46. The van der Waals surface area contributed by atoms with E-state index in [2.05, 4.69) is 15.5 Å². The zero-order valence-electron chi connectivity index (χ0n) is 12.2. The molecule has 19 heavy (non-hydrogen) atoms. The fraction of sp³-hybridized carbons (Fsp3) is 0.917. The topological polar surface area (TPSA) is 78.5 Å². The maximum absolute atomic E-state index is 12.0. The number of piperazine rings is 1. The van der Waals surface area contributed by atoms with Crippen LogP contribution in [0, 0.1) is 0 Å². The normalized spacial score (nSPS) is 20.0. The minimum atomic E-state index is -3.19. The van der Waals surface area contributed by atoms with Gasteiger partial charge < -0.3 is 10.6 Å². The van der Waals surface area contributed by atoms with Crippen molar-refractivity contribution < 1.29 is 13.2 Å². The number of carbonyl (C=O) groups excluding carboxylic acids is 1. The Hall–Kier alpha value is -0.660. The zero-order chi connectivity index (χ0) is 14.7. The number of sulfone groups is 1. The molecule has 1 aliphatic rings. The molecule has 1 heterocycles. The molecule has 1 rings (SSSR count). The van der Waals surface area contributed by atoms with E-state index in [1.54, 1.807) is 13.8 Å². The molecule has 1 aliphatic heterocycles. The van der Waals surface area contributed by atoms with Crippen LogP contribution in [0.5, 0.6) is 0 Å². The van der Waals surface area contributed by atoms with Gasteiger partial charge in [-0.2, -0.15) is 0 Å². The van der Waals surface area contributed by atoms with Crippen molar-refractivity contribution in [2.45, 2.75) is 31.6 Å². The van der Waals surface area contributed by atoms with Crippen molar-refractivity contribution in [3.8, 4) is 0 Å². The number of amides is 1. The number of rotatable bonds is 5. The summed E-state index contributed by atoms with van der Waals surface area (Å²) in [5.74, 6) is -0.112. The van der Waals surface area contributed by atoms with Crippen molar-refractivity contribution in [2.75, 3.05) is 39.0 Å². The smallest absolute Gasteiger partial charge is 0.237 e. The van der Waals surface area contributed by atoms with Crippen LogP contribution in [0.1, 0.15) is 20.8 Å². The summed E-state index contributed by atoms with van der Waals surface area (Å²) in [4.78, 5) is 14.1. The third-order valence-corrected chi connectivity index (χ3v) is 5.92. The van der Waals surface area contributed by atoms with Crippen LogP contribution >= 0.6 is 0 Å². The van der Waals surface area contributed by atoms with Crippen molar-refractivity contribution in [1.29, 1.82) is 0 Å². The van der Waals surface area contributed by atoms with Crippen LogP contribution in [0.3, 0.4) is 0 Å². The van der Waals surface area contributed by atoms with Crippen molar-refractivity contribution in [1.82, 2.24) is 15.5 Å². The van der Waals surface area contributed by atoms with Crippen LogP contribution in [0.4, 0.5) is 0 Å². The first kappa shape index (κ1) is 16.4. The van der Waals surface area contributed by atoms with Crippen molar-refractivity contribution >= 4 is 15.7 Å². The molecular weight excluding hydrogens is 266 g/mol. The van der Waals surface area contributed by atoms with Gasteiger partial charge >= 0.3 is 0 Å². The highest BCUT2D eigenvalue weighted by Gasteiger charge is 2.31. The predicted molar refractivity (Wildman–Crippen MR) is 75.8 cm³/mol. The maximum Gasteiger partial charge on any atom is 0.237 e. The van der Waals surface area contributed by atoms with Crippen LogP contribution in [0.2, 0.25) is 0 Å². The predicted octanol–water partition coefficient (Wildman–Crippen LogP) is -0.780. The van der Waals surface area contributed by atoms with E-state index in [0.717, 1.165) is 26.2 Å². The summed E-state index contributed by atoms with van der Waals surface area (Å²) < 4.78 is 22.2. The fourth-order valence-corrected chi connectivity index (χ4v) is 2.15. The van der Waals surface area contributed by atoms with Gasteiger partial charge in [-0.05, 0) is 20.8 Å². The summed E-state index contributed by atoms with van der Waals surface area (Å²) in [7, 11) is -3.19. The summed E-state index contributed by atoms with van der Waals surface area (Å²) in [5.41, 5.74) is 0. The van der Waals surface area contributed by atoms with Gasteiger partial charge in [-0.1, -0.05) is 0 Å². The van der Waals surface area contributed by atoms with Gasteiger partial charge in [0.15, 0.2) is 9.84 Å². The highest BCUT2D eigenvalue weighted by molar-refractivity contribution is 7.92. The van der Waals surface area contributed by atoms with Crippen molar-refractivity contribution in [3.63, 3.8) is 0 Å². The van der Waals surface area contributed by atoms with Crippen LogP contribution in [0.15, 0.2) is 0 Å². The van der Waals surface area contributed by atoms with E-state index in [0.29, 0.717) is 0 Å². The molecule has 112 valence electrons. The quantitative estimate of drug-likeness (QED) is 0.695. The zero-order valence-corrected chi connectivity index (χ0v) is 13.0. The molecule has 1 unspecified atom stereocenters. The molecule has 2 N–H and O–H groups in total. The number of carbonyl (C=O) groups is 1. The Morgan fingerprint density at radius 1 is 1.37 bits per heavy atom. The maximum atomic E-state index is 12.0. The molecule has 1 fully saturated rings. The van der Waals surface area contributed by atoms with E-state index in [1.165, 1.54) is 6.26 Å². The first-order chi connectivity index (χ1) is 8.65. The van der Waals surface area contributed by atoms with Gasteiger partial charge in [-0.3, -0.25) is 9.69 Å². The molecule has 6 nitrogen and oxygen atoms in total. The summed E-state index contributed by atoms with van der Waals surface area (Å²) in [6.07, 6.45) is 1.19. The summed E-state index contributed by atoms with van der Waals surface area (Å²) in [6, 6.07) is -0.225. The molecule has 0 saturated carbocycles. The average Bonchev–Trinajstić information content (AvgIpc) is 2.35. The third kappa shape index (κ3) is 4.43. The van der Waals surface area contributed by atoms with E-state index in [1.807, 2.05) is 6.92 Å². The van der Waals surface area contributed by atoms with Gasteiger partial charge in [0.2, 0.25) is 5.91 Å². The average molecular weight is 291 g/mol. The van der Waals surface area contributed by atoms with Gasteiger partial charge in [0.05, 0.1) is 10.8 Å². The van der Waals surface area contributed by atoms with Crippen LogP contribution in [-0.2, 0) is 14.6 Å². The minimum Gasteiger partial charge on any atom is -0.353 e. The molecular formula is C12H25N3O3S. The second-order valence-corrected chi connectivity index (χ2v) is 8.36. The number of hydrogen-bond donors (Lipinski definition) is 2. The van der Waals surface area contributed by atoms with Gasteiger partial charge in [0.25, 0.3) is 0 Å². The number of nitrogens with zero attached hydrogens (tertiary/aromatic N) is 1. The van der Waals surface area contributed by atoms with Crippen LogP contribution in [0.25, 0.3) is 0 Å². The highest BCUT2D eigenvalue weighted by atomic mass is 32.2. The lowest BCUT2D eigenvalue weighted by Crippen LogP contribution is -2.54. The molecule has 0 radical (unpaired) electrons. The molecule has 7 heteroatoms. The molecule has 0 aromatic heterocycles. The molecule has 1 amide bonds. The van der Waals surface area contributed by atoms with Crippen LogP contribution < -0.4 is 10.6 Å². The molecule has 0 aromatic carbocycles. The Morgan fingerprint density at radius 2 is 1.89 bits per heavy atom. The van der Waals surface area contributed by atoms with Gasteiger partial charge in [-0.25, -0.2) is 8.42 Å². The SMILES string of the molecule is CC(C(=O)NCC(C)(C)S(C)(=O)=O)N1CCNCC1. The standard InChI is InChI=1S/C12H25N3O3S/c1-10(15-7-5-13-6-8-15)11(16)14-9-12(2,3)19(4,17)18/h10,13H,5-9H2,1-4H3,(H,14,16). The lowest BCUT2D eigenvalue weighted by Gasteiger charge is -2.32. The van der Waals surface area contributed by atoms with E-state index in [-0.39, 0.29) is 18.5 Å². The Kier molecular flexibility index (Phi) is 5.34. The lowest BCUT2D eigenvalue weighted by molar-refractivity contribution is -0.126. The Bertz CT molecular complexity index is 414. The van der Waals surface area contributed by atoms with E-state index >= 15 is 0 Å². The number of nitrogens with one attached hydrogen (secondary N) is 2. The van der Waals surface area contributed by atoms with E-state index < -0.39 is 14.6 Å². The second-order valence-electron chi connectivity index (χ2n) is 5.71. The molecule has 0 spiro atoms. The molecule has 0 aliphatic carbocycles. The van der Waals surface area contributed by atoms with E-state index in [9.17, 15) is 13.2 Å². The Balaban J connectivity index is 2.51.